The summed E-state index contributed by atoms with van der Waals surface area (Å²) < 4.78 is 0. The first-order chi connectivity index (χ1) is 6.39. The number of thiol groups is 1. The molecule has 0 nitrogen and oxygen atoms in total. The highest BCUT2D eigenvalue weighted by Gasteiger charge is 1.73. The van der Waals surface area contributed by atoms with Crippen molar-refractivity contribution in [1.82, 2.24) is 0 Å². The van der Waals surface area contributed by atoms with Crippen LogP contribution in [0.4, 0.5) is 0 Å². The molecular weight excluding hydrogens is 212 g/mol. The van der Waals surface area contributed by atoms with Crippen LogP contribution >= 0.6 is 25.0 Å². The van der Waals surface area contributed by atoms with Crippen LogP contribution < -0.4 is 0 Å². The van der Waals surface area contributed by atoms with E-state index in [4.69, 9.17) is 0 Å². The Morgan fingerprint density at radius 3 is 1.07 bits per heavy atom. The molecule has 2 rings (SSSR count). The zero-order valence-electron chi connectivity index (χ0n) is 7.71. The highest BCUT2D eigenvalue weighted by Crippen LogP contribution is 2.00. The fourth-order valence-electron chi connectivity index (χ4n) is 0.813. The predicted octanol–water partition coefficient (Wildman–Crippen LogP) is 4.08. The standard InChI is InChI=1S/C6H6S.C6H6.ClH/c7-6-4-2-1-3-5-6;1-2-4-6-5-3-1;/h1-5,7H;1-6H;1H. The van der Waals surface area contributed by atoms with E-state index < -0.39 is 0 Å². The zero-order valence-corrected chi connectivity index (χ0v) is 9.42. The second-order valence-electron chi connectivity index (χ2n) is 2.49. The monoisotopic (exact) mass is 224 g/mol. The molecular formula is C12H13ClS. The van der Waals surface area contributed by atoms with E-state index in [1.54, 1.807) is 0 Å². The van der Waals surface area contributed by atoms with Gasteiger partial charge in [0.1, 0.15) is 0 Å². The maximum absolute atomic E-state index is 4.08. The average Bonchev–Trinajstić information content (AvgIpc) is 2.22. The Bertz CT molecular complexity index is 281. The maximum Gasteiger partial charge on any atom is 0.00399 e. The molecule has 0 fully saturated rings. The summed E-state index contributed by atoms with van der Waals surface area (Å²) in [5.74, 6) is 0. The van der Waals surface area contributed by atoms with Crippen molar-refractivity contribution in [3.63, 3.8) is 0 Å². The van der Waals surface area contributed by atoms with Crippen LogP contribution in [-0.4, -0.2) is 0 Å². The summed E-state index contributed by atoms with van der Waals surface area (Å²) >= 11 is 4.08. The summed E-state index contributed by atoms with van der Waals surface area (Å²) in [4.78, 5) is 1.02. The fraction of sp³-hybridized carbons (Fsp3) is 0. The van der Waals surface area contributed by atoms with Crippen LogP contribution in [0.25, 0.3) is 0 Å². The van der Waals surface area contributed by atoms with Crippen molar-refractivity contribution in [3.8, 4) is 0 Å². The van der Waals surface area contributed by atoms with Gasteiger partial charge < -0.3 is 0 Å². The van der Waals surface area contributed by atoms with Crippen molar-refractivity contribution >= 4 is 25.0 Å². The predicted molar refractivity (Wildman–Crippen MR) is 67.4 cm³/mol. The zero-order chi connectivity index (χ0) is 9.36. The second kappa shape index (κ2) is 8.67. The lowest BCUT2D eigenvalue weighted by atomic mass is 10.4. The molecule has 2 aromatic rings. The van der Waals surface area contributed by atoms with Crippen LogP contribution in [0.15, 0.2) is 71.6 Å². The van der Waals surface area contributed by atoms with Gasteiger partial charge in [0.15, 0.2) is 0 Å². The molecule has 0 unspecified atom stereocenters. The number of hydrogen-bond acceptors (Lipinski definition) is 1. The Labute approximate surface area is 96.8 Å². The van der Waals surface area contributed by atoms with Gasteiger partial charge in [-0.1, -0.05) is 54.6 Å². The second-order valence-corrected chi connectivity index (χ2v) is 3.01. The van der Waals surface area contributed by atoms with E-state index in [0.29, 0.717) is 0 Å². The Balaban J connectivity index is 0.000000227. The molecule has 0 aliphatic rings. The lowest BCUT2D eigenvalue weighted by Crippen LogP contribution is -1.56. The molecule has 0 radical (unpaired) electrons. The van der Waals surface area contributed by atoms with Gasteiger partial charge in [0, 0.05) is 4.90 Å². The van der Waals surface area contributed by atoms with Gasteiger partial charge in [0.2, 0.25) is 0 Å². The van der Waals surface area contributed by atoms with E-state index in [2.05, 4.69) is 12.6 Å². The molecule has 0 aromatic heterocycles. The van der Waals surface area contributed by atoms with Crippen molar-refractivity contribution in [2.45, 2.75) is 4.90 Å². The summed E-state index contributed by atoms with van der Waals surface area (Å²) in [5.41, 5.74) is 0. The van der Waals surface area contributed by atoms with E-state index >= 15 is 0 Å². The molecule has 0 spiro atoms. The first kappa shape index (κ1) is 13.1. The minimum absolute atomic E-state index is 0. The van der Waals surface area contributed by atoms with E-state index in [-0.39, 0.29) is 12.4 Å². The quantitative estimate of drug-likeness (QED) is 0.641. The first-order valence-electron chi connectivity index (χ1n) is 4.13. The van der Waals surface area contributed by atoms with E-state index in [1.165, 1.54) is 0 Å². The van der Waals surface area contributed by atoms with Gasteiger partial charge in [-0.15, -0.1) is 25.0 Å². The molecule has 0 bridgehead atoms. The van der Waals surface area contributed by atoms with Crippen molar-refractivity contribution in [2.24, 2.45) is 0 Å². The van der Waals surface area contributed by atoms with Gasteiger partial charge in [-0.2, -0.15) is 0 Å². The molecule has 0 amide bonds. The van der Waals surface area contributed by atoms with Crippen molar-refractivity contribution in [3.05, 3.63) is 66.7 Å². The van der Waals surface area contributed by atoms with E-state index in [0.717, 1.165) is 4.90 Å². The first-order valence-corrected chi connectivity index (χ1v) is 4.58. The molecule has 0 heterocycles. The van der Waals surface area contributed by atoms with Crippen LogP contribution in [0.5, 0.6) is 0 Å². The van der Waals surface area contributed by atoms with Crippen molar-refractivity contribution in [2.75, 3.05) is 0 Å². The number of halogens is 1. The molecule has 0 saturated carbocycles. The summed E-state index contributed by atoms with van der Waals surface area (Å²) in [6.45, 7) is 0. The molecule has 2 heteroatoms. The van der Waals surface area contributed by atoms with E-state index in [9.17, 15) is 0 Å². The lowest BCUT2D eigenvalue weighted by Gasteiger charge is -1.81. The molecule has 14 heavy (non-hydrogen) atoms. The SMILES string of the molecule is Cl.Sc1ccccc1.c1ccccc1. The summed E-state index contributed by atoms with van der Waals surface area (Å²) in [7, 11) is 0. The summed E-state index contributed by atoms with van der Waals surface area (Å²) in [6.07, 6.45) is 0. The van der Waals surface area contributed by atoms with Crippen LogP contribution in [0.3, 0.4) is 0 Å². The van der Waals surface area contributed by atoms with Gasteiger partial charge in [-0.05, 0) is 12.1 Å². The largest absolute Gasteiger partial charge is 0.147 e. The number of hydrogen-bond donors (Lipinski definition) is 1. The van der Waals surface area contributed by atoms with Crippen LogP contribution in [0.1, 0.15) is 0 Å². The van der Waals surface area contributed by atoms with Crippen molar-refractivity contribution < 1.29 is 0 Å². The van der Waals surface area contributed by atoms with Gasteiger partial charge in [0.25, 0.3) is 0 Å². The minimum atomic E-state index is 0. The van der Waals surface area contributed by atoms with Gasteiger partial charge >= 0.3 is 0 Å². The normalized spacial score (nSPS) is 7.79. The molecule has 0 atom stereocenters. The van der Waals surface area contributed by atoms with Gasteiger partial charge in [-0.25, -0.2) is 0 Å². The third-order valence-corrected chi connectivity index (χ3v) is 1.72. The molecule has 74 valence electrons. The smallest absolute Gasteiger partial charge is 0.00399 e. The Morgan fingerprint density at radius 1 is 0.571 bits per heavy atom. The van der Waals surface area contributed by atoms with Gasteiger partial charge in [-0.3, -0.25) is 0 Å². The number of rotatable bonds is 0. The fourth-order valence-corrected chi connectivity index (χ4v) is 0.985. The van der Waals surface area contributed by atoms with E-state index in [1.807, 2.05) is 66.7 Å². The maximum atomic E-state index is 4.08. The topological polar surface area (TPSA) is 0 Å². The lowest BCUT2D eigenvalue weighted by molar-refractivity contribution is 1.48. The summed E-state index contributed by atoms with van der Waals surface area (Å²) in [6, 6.07) is 21.8. The molecule has 0 aliphatic carbocycles. The molecule has 0 saturated heterocycles. The van der Waals surface area contributed by atoms with Crippen LogP contribution in [-0.2, 0) is 0 Å². The molecule has 2 aromatic carbocycles. The van der Waals surface area contributed by atoms with Crippen LogP contribution in [0.2, 0.25) is 0 Å². The van der Waals surface area contributed by atoms with Crippen molar-refractivity contribution in [1.29, 1.82) is 0 Å². The third-order valence-electron chi connectivity index (χ3n) is 1.42. The Kier molecular flexibility index (Phi) is 8.10. The number of benzene rings is 2. The Morgan fingerprint density at radius 2 is 0.857 bits per heavy atom. The third kappa shape index (κ3) is 6.58. The Hall–Kier alpha value is -0.920. The van der Waals surface area contributed by atoms with Gasteiger partial charge in [0.05, 0.1) is 0 Å². The van der Waals surface area contributed by atoms with Crippen LogP contribution in [0, 0.1) is 0 Å². The molecule has 0 N–H and O–H groups in total. The average molecular weight is 225 g/mol. The summed E-state index contributed by atoms with van der Waals surface area (Å²) in [5, 5.41) is 0. The molecule has 0 aliphatic heterocycles. The minimum Gasteiger partial charge on any atom is -0.147 e. The highest BCUT2D eigenvalue weighted by molar-refractivity contribution is 7.80. The highest BCUT2D eigenvalue weighted by atomic mass is 35.5.